The first kappa shape index (κ1) is 20.4. The van der Waals surface area contributed by atoms with Gasteiger partial charge < -0.3 is 5.32 Å². The summed E-state index contributed by atoms with van der Waals surface area (Å²) in [5.41, 5.74) is 1.49. The molecular weight excluding hydrogens is 394 g/mol. The lowest BCUT2D eigenvalue weighted by Crippen LogP contribution is -2.29. The number of aromatic nitrogens is 2. The number of benzene rings is 2. The summed E-state index contributed by atoms with van der Waals surface area (Å²) in [4.78, 5) is 29.9. The molecule has 1 amide bonds. The first-order chi connectivity index (χ1) is 13.4. The van der Waals surface area contributed by atoms with Crippen molar-refractivity contribution in [2.45, 2.75) is 38.0 Å². The topological polar surface area (TPSA) is 64.0 Å². The number of halogens is 1. The third-order valence-electron chi connectivity index (χ3n) is 4.35. The minimum Gasteiger partial charge on any atom is -0.349 e. The number of fused-ring (bicyclic) bond motifs is 1. The lowest BCUT2D eigenvalue weighted by Gasteiger charge is -2.17. The Hall–Kier alpha value is -2.31. The lowest BCUT2D eigenvalue weighted by molar-refractivity contribution is -0.119. The van der Waals surface area contributed by atoms with Crippen molar-refractivity contribution in [3.8, 4) is 0 Å². The standard InChI is InChI=1S/C21H22ClN3O2S/c1-13(2)25-20(27)17-9-4-5-10-18(17)24-21(25)28-12-19(26)23-14(3)15-7-6-8-16(22)11-15/h4-11,13-14H,12H2,1-3H3,(H,23,26)/t14-/m1/s1. The molecule has 0 fully saturated rings. The number of hydrogen-bond donors (Lipinski definition) is 1. The molecule has 0 aliphatic heterocycles. The highest BCUT2D eigenvalue weighted by atomic mass is 35.5. The molecule has 0 spiro atoms. The third-order valence-corrected chi connectivity index (χ3v) is 5.54. The fraction of sp³-hybridized carbons (Fsp3) is 0.286. The molecule has 28 heavy (non-hydrogen) atoms. The van der Waals surface area contributed by atoms with Crippen molar-refractivity contribution < 1.29 is 4.79 Å². The van der Waals surface area contributed by atoms with E-state index in [9.17, 15) is 9.59 Å². The van der Waals surface area contributed by atoms with Gasteiger partial charge in [-0.1, -0.05) is 47.6 Å². The fourth-order valence-electron chi connectivity index (χ4n) is 2.96. The molecule has 2 aromatic carbocycles. The Labute approximate surface area is 173 Å². The van der Waals surface area contributed by atoms with E-state index < -0.39 is 0 Å². The maximum absolute atomic E-state index is 12.8. The molecular formula is C21H22ClN3O2S. The van der Waals surface area contributed by atoms with E-state index in [1.54, 1.807) is 16.7 Å². The van der Waals surface area contributed by atoms with Crippen LogP contribution < -0.4 is 10.9 Å². The molecule has 3 aromatic rings. The zero-order chi connectivity index (χ0) is 20.3. The minimum absolute atomic E-state index is 0.0550. The van der Waals surface area contributed by atoms with Crippen molar-refractivity contribution in [2.75, 3.05) is 5.75 Å². The number of carbonyl (C=O) groups excluding carboxylic acids is 1. The van der Waals surface area contributed by atoms with Crippen molar-refractivity contribution in [1.29, 1.82) is 0 Å². The molecule has 0 unspecified atom stereocenters. The summed E-state index contributed by atoms with van der Waals surface area (Å²) in [6.45, 7) is 5.78. The van der Waals surface area contributed by atoms with E-state index in [2.05, 4.69) is 10.3 Å². The van der Waals surface area contributed by atoms with Gasteiger partial charge in [-0.25, -0.2) is 4.98 Å². The maximum atomic E-state index is 12.8. The summed E-state index contributed by atoms with van der Waals surface area (Å²) in [6, 6.07) is 14.5. The maximum Gasteiger partial charge on any atom is 0.262 e. The Kier molecular flexibility index (Phi) is 6.42. The average molecular weight is 416 g/mol. The van der Waals surface area contributed by atoms with Crippen molar-refractivity contribution in [3.05, 3.63) is 69.5 Å². The van der Waals surface area contributed by atoms with Gasteiger partial charge in [0.25, 0.3) is 5.56 Å². The second-order valence-corrected chi connectivity index (χ2v) is 8.19. The predicted octanol–water partition coefficient (Wildman–Crippen LogP) is 4.60. The molecule has 1 aromatic heterocycles. The van der Waals surface area contributed by atoms with Gasteiger partial charge in [0.05, 0.1) is 22.7 Å². The van der Waals surface area contributed by atoms with E-state index in [1.165, 1.54) is 11.8 Å². The summed E-state index contributed by atoms with van der Waals surface area (Å²) >= 11 is 7.29. The lowest BCUT2D eigenvalue weighted by atomic mass is 10.1. The largest absolute Gasteiger partial charge is 0.349 e. The fourth-order valence-corrected chi connectivity index (χ4v) is 4.09. The summed E-state index contributed by atoms with van der Waals surface area (Å²) in [5.74, 6) is 0.0396. The Balaban J connectivity index is 1.76. The molecule has 7 heteroatoms. The molecule has 5 nitrogen and oxygen atoms in total. The molecule has 0 bridgehead atoms. The minimum atomic E-state index is -0.163. The number of rotatable bonds is 6. The number of hydrogen-bond acceptors (Lipinski definition) is 4. The zero-order valence-electron chi connectivity index (χ0n) is 16.0. The molecule has 0 saturated heterocycles. The number of para-hydroxylation sites is 1. The summed E-state index contributed by atoms with van der Waals surface area (Å²) in [7, 11) is 0. The van der Waals surface area contributed by atoms with Gasteiger partial charge in [-0.05, 0) is 50.6 Å². The van der Waals surface area contributed by atoms with E-state index in [1.807, 2.05) is 57.2 Å². The summed E-state index contributed by atoms with van der Waals surface area (Å²) in [5, 5.41) is 4.72. The molecule has 0 saturated carbocycles. The highest BCUT2D eigenvalue weighted by Gasteiger charge is 2.16. The van der Waals surface area contributed by atoms with Gasteiger partial charge in [0, 0.05) is 11.1 Å². The van der Waals surface area contributed by atoms with Crippen LogP contribution in [-0.4, -0.2) is 21.2 Å². The zero-order valence-corrected chi connectivity index (χ0v) is 17.6. The van der Waals surface area contributed by atoms with Crippen LogP contribution in [0, 0.1) is 0 Å². The van der Waals surface area contributed by atoms with Gasteiger partial charge in [0.15, 0.2) is 5.16 Å². The number of nitrogens with zero attached hydrogens (tertiary/aromatic N) is 2. The van der Waals surface area contributed by atoms with E-state index >= 15 is 0 Å². The van der Waals surface area contributed by atoms with E-state index in [-0.39, 0.29) is 29.3 Å². The van der Waals surface area contributed by atoms with Crippen LogP contribution in [-0.2, 0) is 4.79 Å². The quantitative estimate of drug-likeness (QED) is 0.472. The van der Waals surface area contributed by atoms with E-state index in [4.69, 9.17) is 11.6 Å². The van der Waals surface area contributed by atoms with Gasteiger partial charge in [-0.3, -0.25) is 14.2 Å². The Bertz CT molecular complexity index is 1060. The molecule has 146 valence electrons. The molecule has 0 radical (unpaired) electrons. The van der Waals surface area contributed by atoms with Crippen molar-refractivity contribution in [3.63, 3.8) is 0 Å². The Morgan fingerprint density at radius 1 is 1.18 bits per heavy atom. The van der Waals surface area contributed by atoms with Crippen molar-refractivity contribution >= 4 is 40.2 Å². The number of carbonyl (C=O) groups is 1. The summed E-state index contributed by atoms with van der Waals surface area (Å²) in [6.07, 6.45) is 0. The molecule has 1 atom stereocenters. The van der Waals surface area contributed by atoms with Crippen molar-refractivity contribution in [2.24, 2.45) is 0 Å². The molecule has 1 N–H and O–H groups in total. The third kappa shape index (κ3) is 4.56. The van der Waals surface area contributed by atoms with Crippen LogP contribution in [0.4, 0.5) is 0 Å². The Morgan fingerprint density at radius 2 is 1.93 bits per heavy atom. The van der Waals surface area contributed by atoms with Crippen molar-refractivity contribution in [1.82, 2.24) is 14.9 Å². The average Bonchev–Trinajstić information content (AvgIpc) is 2.66. The SMILES string of the molecule is CC(C)n1c(SCC(=O)N[C@H](C)c2cccc(Cl)c2)nc2ccccc2c1=O. The van der Waals surface area contributed by atoms with E-state index in [0.29, 0.717) is 21.1 Å². The Morgan fingerprint density at radius 3 is 2.64 bits per heavy atom. The van der Waals surface area contributed by atoms with Crippen LogP contribution in [0.5, 0.6) is 0 Å². The van der Waals surface area contributed by atoms with Crippen LogP contribution in [0.25, 0.3) is 10.9 Å². The first-order valence-electron chi connectivity index (χ1n) is 9.05. The van der Waals surface area contributed by atoms with Gasteiger partial charge in [0.2, 0.25) is 5.91 Å². The highest BCUT2D eigenvalue weighted by Crippen LogP contribution is 2.22. The van der Waals surface area contributed by atoms with Crippen LogP contribution >= 0.6 is 23.4 Å². The number of amides is 1. The monoisotopic (exact) mass is 415 g/mol. The molecule has 3 rings (SSSR count). The smallest absolute Gasteiger partial charge is 0.262 e. The second kappa shape index (κ2) is 8.80. The van der Waals surface area contributed by atoms with E-state index in [0.717, 1.165) is 5.56 Å². The second-order valence-electron chi connectivity index (χ2n) is 6.81. The van der Waals surface area contributed by atoms with Crippen LogP contribution in [0.1, 0.15) is 38.4 Å². The summed E-state index contributed by atoms with van der Waals surface area (Å²) < 4.78 is 1.64. The van der Waals surface area contributed by atoms with Gasteiger partial charge in [-0.2, -0.15) is 0 Å². The number of thioether (sulfide) groups is 1. The normalized spacial score (nSPS) is 12.3. The highest BCUT2D eigenvalue weighted by molar-refractivity contribution is 7.99. The van der Waals surface area contributed by atoms with Gasteiger partial charge >= 0.3 is 0 Å². The molecule has 1 heterocycles. The van der Waals surface area contributed by atoms with Gasteiger partial charge in [0.1, 0.15) is 0 Å². The van der Waals surface area contributed by atoms with Gasteiger partial charge in [-0.15, -0.1) is 0 Å². The van der Waals surface area contributed by atoms with Crippen LogP contribution in [0.2, 0.25) is 5.02 Å². The number of nitrogens with one attached hydrogen (secondary N) is 1. The first-order valence-corrected chi connectivity index (χ1v) is 10.4. The molecule has 0 aliphatic carbocycles. The predicted molar refractivity (Wildman–Crippen MR) is 115 cm³/mol. The van der Waals surface area contributed by atoms with Crippen LogP contribution in [0.3, 0.4) is 0 Å². The molecule has 0 aliphatic rings. The van der Waals surface area contributed by atoms with Crippen LogP contribution in [0.15, 0.2) is 58.5 Å².